The minimum Gasteiger partial charge on any atom is -0.353 e. The third-order valence-electron chi connectivity index (χ3n) is 3.52. The van der Waals surface area contributed by atoms with E-state index in [0.717, 1.165) is 31.6 Å². The zero-order valence-corrected chi connectivity index (χ0v) is 13.5. The van der Waals surface area contributed by atoms with Crippen molar-refractivity contribution in [2.45, 2.75) is 59.9 Å². The second-order valence-corrected chi connectivity index (χ2v) is 6.63. The number of nitrogens with zero attached hydrogens (tertiary/aromatic N) is 3. The van der Waals surface area contributed by atoms with Gasteiger partial charge in [0.05, 0.1) is 5.56 Å². The maximum atomic E-state index is 9.29. The Labute approximate surface area is 123 Å². The van der Waals surface area contributed by atoms with Crippen molar-refractivity contribution in [1.29, 1.82) is 5.26 Å². The third-order valence-corrected chi connectivity index (χ3v) is 3.52. The van der Waals surface area contributed by atoms with Crippen molar-refractivity contribution >= 4 is 5.82 Å². The summed E-state index contributed by atoms with van der Waals surface area (Å²) in [7, 11) is 0. The van der Waals surface area contributed by atoms with Crippen molar-refractivity contribution in [3.8, 4) is 6.07 Å². The van der Waals surface area contributed by atoms with E-state index < -0.39 is 0 Å². The van der Waals surface area contributed by atoms with Gasteiger partial charge in [-0.3, -0.25) is 0 Å². The highest BCUT2D eigenvalue weighted by Crippen LogP contribution is 2.25. The van der Waals surface area contributed by atoms with Crippen LogP contribution in [0.4, 0.5) is 5.82 Å². The molecule has 20 heavy (non-hydrogen) atoms. The minimum absolute atomic E-state index is 0.284. The number of anilines is 1. The van der Waals surface area contributed by atoms with E-state index in [9.17, 15) is 5.26 Å². The van der Waals surface area contributed by atoms with E-state index in [1.807, 2.05) is 12.1 Å². The Morgan fingerprint density at radius 3 is 2.65 bits per heavy atom. The van der Waals surface area contributed by atoms with Crippen molar-refractivity contribution in [2.24, 2.45) is 5.41 Å². The summed E-state index contributed by atoms with van der Waals surface area (Å²) in [5.74, 6) is 0.834. The lowest BCUT2D eigenvalue weighted by Gasteiger charge is -2.33. The van der Waals surface area contributed by atoms with Gasteiger partial charge >= 0.3 is 0 Å². The van der Waals surface area contributed by atoms with Crippen LogP contribution in [-0.2, 0) is 0 Å². The molecule has 3 heteroatoms. The smallest absolute Gasteiger partial charge is 0.146 e. The molecule has 0 saturated heterocycles. The topological polar surface area (TPSA) is 39.9 Å². The summed E-state index contributed by atoms with van der Waals surface area (Å²) in [5.41, 5.74) is 0.954. The molecule has 1 aromatic rings. The molecule has 0 aliphatic carbocycles. The molecule has 110 valence electrons. The van der Waals surface area contributed by atoms with Crippen molar-refractivity contribution in [3.63, 3.8) is 0 Å². The number of aromatic nitrogens is 1. The Morgan fingerprint density at radius 2 is 2.10 bits per heavy atom. The highest BCUT2D eigenvalue weighted by Gasteiger charge is 2.20. The number of hydrogen-bond donors (Lipinski definition) is 0. The van der Waals surface area contributed by atoms with Crippen LogP contribution in [0.1, 0.15) is 59.4 Å². The van der Waals surface area contributed by atoms with Crippen molar-refractivity contribution in [2.75, 3.05) is 11.4 Å². The lowest BCUT2D eigenvalue weighted by molar-refractivity contribution is 0.370. The zero-order valence-electron chi connectivity index (χ0n) is 13.5. The Balaban J connectivity index is 3.00. The Morgan fingerprint density at radius 1 is 1.40 bits per heavy atom. The van der Waals surface area contributed by atoms with Crippen LogP contribution in [0.15, 0.2) is 18.3 Å². The molecule has 1 unspecified atom stereocenters. The van der Waals surface area contributed by atoms with Crippen LogP contribution in [0.25, 0.3) is 0 Å². The fraction of sp³-hybridized carbons (Fsp3) is 0.647. The molecule has 0 spiro atoms. The van der Waals surface area contributed by atoms with E-state index in [-0.39, 0.29) is 5.41 Å². The molecule has 0 aliphatic heterocycles. The fourth-order valence-electron chi connectivity index (χ4n) is 2.28. The highest BCUT2D eigenvalue weighted by molar-refractivity contribution is 5.54. The summed E-state index contributed by atoms with van der Waals surface area (Å²) >= 11 is 0. The molecular formula is C17H27N3. The largest absolute Gasteiger partial charge is 0.353 e. The molecular weight excluding hydrogens is 246 g/mol. The second kappa shape index (κ2) is 7.28. The summed E-state index contributed by atoms with van der Waals surface area (Å²) in [5, 5.41) is 9.29. The first-order valence-corrected chi connectivity index (χ1v) is 7.51. The van der Waals surface area contributed by atoms with E-state index >= 15 is 0 Å². The fourth-order valence-corrected chi connectivity index (χ4v) is 2.28. The third kappa shape index (κ3) is 4.85. The monoisotopic (exact) mass is 273 g/mol. The predicted molar refractivity (Wildman–Crippen MR) is 84.7 cm³/mol. The molecule has 1 heterocycles. The summed E-state index contributed by atoms with van der Waals surface area (Å²) in [4.78, 5) is 6.76. The molecule has 0 radical (unpaired) electrons. The van der Waals surface area contributed by atoms with Crippen molar-refractivity contribution in [1.82, 2.24) is 4.98 Å². The Kier molecular flexibility index (Phi) is 6.01. The van der Waals surface area contributed by atoms with Gasteiger partial charge in [0.15, 0.2) is 0 Å². The molecule has 0 fully saturated rings. The highest BCUT2D eigenvalue weighted by atomic mass is 15.2. The lowest BCUT2D eigenvalue weighted by atomic mass is 9.91. The molecule has 0 aromatic carbocycles. The molecule has 0 N–H and O–H groups in total. The molecule has 1 atom stereocenters. The van der Waals surface area contributed by atoms with Crippen LogP contribution in [0.2, 0.25) is 0 Å². The van der Waals surface area contributed by atoms with E-state index in [2.05, 4.69) is 50.6 Å². The number of pyridine rings is 1. The van der Waals surface area contributed by atoms with Gasteiger partial charge in [0.1, 0.15) is 11.9 Å². The summed E-state index contributed by atoms with van der Waals surface area (Å²) in [6, 6.07) is 6.35. The van der Waals surface area contributed by atoms with Crippen molar-refractivity contribution in [3.05, 3.63) is 23.9 Å². The maximum absolute atomic E-state index is 9.29. The number of rotatable bonds is 6. The summed E-state index contributed by atoms with van der Waals surface area (Å²) in [6.07, 6.45) is 5.12. The van der Waals surface area contributed by atoms with Gasteiger partial charge in [0, 0.05) is 18.8 Å². The quantitative estimate of drug-likeness (QED) is 0.772. The molecule has 1 rings (SSSR count). The first-order chi connectivity index (χ1) is 9.39. The first-order valence-electron chi connectivity index (χ1n) is 7.51. The van der Waals surface area contributed by atoms with Crippen LogP contribution in [0.3, 0.4) is 0 Å². The van der Waals surface area contributed by atoms with Crippen molar-refractivity contribution < 1.29 is 0 Å². The van der Waals surface area contributed by atoms with Gasteiger partial charge in [-0.2, -0.15) is 5.26 Å². The van der Waals surface area contributed by atoms with Gasteiger partial charge in [0.2, 0.25) is 0 Å². The summed E-state index contributed by atoms with van der Waals surface area (Å²) < 4.78 is 0. The average molecular weight is 273 g/mol. The molecule has 0 amide bonds. The molecule has 0 aliphatic rings. The van der Waals surface area contributed by atoms with Gasteiger partial charge in [0.25, 0.3) is 0 Å². The lowest BCUT2D eigenvalue weighted by Crippen LogP contribution is -2.36. The van der Waals surface area contributed by atoms with Crippen LogP contribution in [0.5, 0.6) is 0 Å². The van der Waals surface area contributed by atoms with E-state index in [0.29, 0.717) is 11.6 Å². The van der Waals surface area contributed by atoms with Gasteiger partial charge < -0.3 is 4.90 Å². The standard InChI is InChI=1S/C17H27N3/c1-6-8-14(2)20(12-10-17(3,4)5)16-15(13-18)9-7-11-19-16/h7,9,11,14H,6,8,10,12H2,1-5H3. The maximum Gasteiger partial charge on any atom is 0.146 e. The zero-order chi connectivity index (χ0) is 15.2. The van der Waals surface area contributed by atoms with E-state index in [4.69, 9.17) is 0 Å². The summed E-state index contributed by atoms with van der Waals surface area (Å²) in [6.45, 7) is 12.1. The van der Waals surface area contributed by atoms with Gasteiger partial charge in [-0.05, 0) is 37.3 Å². The molecule has 3 nitrogen and oxygen atoms in total. The number of hydrogen-bond acceptors (Lipinski definition) is 3. The average Bonchev–Trinajstić information content (AvgIpc) is 2.38. The molecule has 0 saturated carbocycles. The van der Waals surface area contributed by atoms with Crippen LogP contribution < -0.4 is 4.90 Å². The molecule has 0 bridgehead atoms. The first kappa shape index (κ1) is 16.5. The molecule has 1 aromatic heterocycles. The normalized spacial score (nSPS) is 12.8. The van der Waals surface area contributed by atoms with Crippen LogP contribution >= 0.6 is 0 Å². The number of nitriles is 1. The second-order valence-electron chi connectivity index (χ2n) is 6.63. The van der Waals surface area contributed by atoms with Gasteiger partial charge in [-0.25, -0.2) is 4.98 Å². The van der Waals surface area contributed by atoms with Gasteiger partial charge in [-0.15, -0.1) is 0 Å². The van der Waals surface area contributed by atoms with E-state index in [1.165, 1.54) is 0 Å². The van der Waals surface area contributed by atoms with Crippen LogP contribution in [-0.4, -0.2) is 17.6 Å². The van der Waals surface area contributed by atoms with Crippen LogP contribution in [0, 0.1) is 16.7 Å². The SMILES string of the molecule is CCCC(C)N(CCC(C)(C)C)c1ncccc1C#N. The van der Waals surface area contributed by atoms with Gasteiger partial charge in [-0.1, -0.05) is 34.1 Å². The predicted octanol–water partition coefficient (Wildman–Crippen LogP) is 4.38. The Hall–Kier alpha value is -1.56. The minimum atomic E-state index is 0.284. The van der Waals surface area contributed by atoms with E-state index in [1.54, 1.807) is 6.20 Å². The Bertz CT molecular complexity index is 454.